The van der Waals surface area contributed by atoms with Gasteiger partial charge in [0.2, 0.25) is 5.88 Å². The molecular weight excluding hydrogens is 330 g/mol. The van der Waals surface area contributed by atoms with Crippen molar-refractivity contribution in [3.05, 3.63) is 40.3 Å². The molecule has 1 N–H and O–H groups in total. The number of rotatable bonds is 4. The van der Waals surface area contributed by atoms with Gasteiger partial charge in [0, 0.05) is 12.3 Å². The van der Waals surface area contributed by atoms with Gasteiger partial charge in [-0.05, 0) is 33.3 Å². The molecule has 0 radical (unpaired) electrons. The van der Waals surface area contributed by atoms with Gasteiger partial charge >= 0.3 is 17.7 Å². The van der Waals surface area contributed by atoms with Crippen LogP contribution in [-0.2, 0) is 4.74 Å². The SMILES string of the molecule is Cc1cnc(Oc2cnc(NC(=O)OC(C)(C)C)cn2)c([N+](=O)[O-])c1. The molecule has 2 aromatic rings. The van der Waals surface area contributed by atoms with E-state index in [0.29, 0.717) is 5.56 Å². The summed E-state index contributed by atoms with van der Waals surface area (Å²) in [4.78, 5) is 33.8. The van der Waals surface area contributed by atoms with Crippen LogP contribution in [0.3, 0.4) is 0 Å². The second kappa shape index (κ2) is 7.07. The van der Waals surface area contributed by atoms with E-state index >= 15 is 0 Å². The monoisotopic (exact) mass is 347 g/mol. The first-order chi connectivity index (χ1) is 11.6. The van der Waals surface area contributed by atoms with Gasteiger partial charge in [-0.1, -0.05) is 0 Å². The number of amides is 1. The predicted octanol–water partition coefficient (Wildman–Crippen LogP) is 3.23. The standard InChI is InChI=1S/C15H17N5O5/c1-9-5-10(20(22)23)13(18-6-9)24-12-8-16-11(7-17-12)19-14(21)25-15(2,3)4/h5-8H,1-4H3,(H,16,19,21). The van der Waals surface area contributed by atoms with Gasteiger partial charge in [-0.25, -0.2) is 19.7 Å². The van der Waals surface area contributed by atoms with Crippen molar-refractivity contribution in [3.63, 3.8) is 0 Å². The summed E-state index contributed by atoms with van der Waals surface area (Å²) >= 11 is 0. The van der Waals surface area contributed by atoms with E-state index in [0.717, 1.165) is 0 Å². The van der Waals surface area contributed by atoms with E-state index in [9.17, 15) is 14.9 Å². The quantitative estimate of drug-likeness (QED) is 0.659. The molecule has 0 aromatic carbocycles. The Labute approximate surface area is 143 Å². The average molecular weight is 347 g/mol. The Bertz CT molecular complexity index is 786. The fourth-order valence-electron chi connectivity index (χ4n) is 1.69. The molecule has 0 unspecified atom stereocenters. The molecule has 0 saturated carbocycles. The largest absolute Gasteiger partial charge is 0.444 e. The first-order valence-corrected chi connectivity index (χ1v) is 7.25. The third kappa shape index (κ3) is 5.37. The zero-order valence-corrected chi connectivity index (χ0v) is 14.1. The maximum Gasteiger partial charge on any atom is 0.413 e. The summed E-state index contributed by atoms with van der Waals surface area (Å²) in [6.07, 6.45) is 3.21. The minimum atomic E-state index is -0.675. The molecular formula is C15H17N5O5. The van der Waals surface area contributed by atoms with E-state index in [1.54, 1.807) is 27.7 Å². The normalized spacial score (nSPS) is 10.9. The number of nitrogens with zero attached hydrogens (tertiary/aromatic N) is 4. The predicted molar refractivity (Wildman–Crippen MR) is 87.6 cm³/mol. The van der Waals surface area contributed by atoms with Crippen molar-refractivity contribution in [2.24, 2.45) is 0 Å². The van der Waals surface area contributed by atoms with Gasteiger partial charge in [0.05, 0.1) is 17.3 Å². The highest BCUT2D eigenvalue weighted by Crippen LogP contribution is 2.28. The topological polar surface area (TPSA) is 129 Å². The summed E-state index contributed by atoms with van der Waals surface area (Å²) in [7, 11) is 0. The first-order valence-electron chi connectivity index (χ1n) is 7.25. The third-order valence-electron chi connectivity index (χ3n) is 2.62. The van der Waals surface area contributed by atoms with Crippen molar-refractivity contribution < 1.29 is 19.2 Å². The van der Waals surface area contributed by atoms with Crippen molar-refractivity contribution >= 4 is 17.6 Å². The Kier molecular flexibility index (Phi) is 5.11. The smallest absolute Gasteiger partial charge is 0.413 e. The molecule has 2 rings (SSSR count). The van der Waals surface area contributed by atoms with Crippen LogP contribution in [0.2, 0.25) is 0 Å². The van der Waals surface area contributed by atoms with Crippen LogP contribution >= 0.6 is 0 Å². The molecule has 0 aliphatic carbocycles. The summed E-state index contributed by atoms with van der Waals surface area (Å²) < 4.78 is 10.4. The molecule has 132 valence electrons. The Balaban J connectivity index is 2.09. The van der Waals surface area contributed by atoms with Crippen LogP contribution in [-0.4, -0.2) is 31.6 Å². The van der Waals surface area contributed by atoms with Gasteiger partial charge in [0.15, 0.2) is 5.82 Å². The highest BCUT2D eigenvalue weighted by Gasteiger charge is 2.19. The van der Waals surface area contributed by atoms with Gasteiger partial charge < -0.3 is 9.47 Å². The van der Waals surface area contributed by atoms with Gasteiger partial charge in [-0.2, -0.15) is 0 Å². The van der Waals surface area contributed by atoms with Crippen LogP contribution in [0, 0.1) is 17.0 Å². The zero-order valence-electron chi connectivity index (χ0n) is 14.1. The maximum absolute atomic E-state index is 11.6. The number of anilines is 1. The van der Waals surface area contributed by atoms with Gasteiger partial charge in [0.1, 0.15) is 5.60 Å². The van der Waals surface area contributed by atoms with Crippen LogP contribution in [0.15, 0.2) is 24.7 Å². The van der Waals surface area contributed by atoms with Gasteiger partial charge in [-0.3, -0.25) is 15.4 Å². The number of aromatic nitrogens is 3. The van der Waals surface area contributed by atoms with Crippen molar-refractivity contribution in [2.75, 3.05) is 5.32 Å². The Morgan fingerprint density at radius 3 is 2.48 bits per heavy atom. The number of hydrogen-bond donors (Lipinski definition) is 1. The summed E-state index contributed by atoms with van der Waals surface area (Å²) in [6, 6.07) is 1.34. The lowest BCUT2D eigenvalue weighted by Crippen LogP contribution is -2.27. The number of nitrogens with one attached hydrogen (secondary N) is 1. The van der Waals surface area contributed by atoms with Crippen LogP contribution < -0.4 is 10.1 Å². The number of carbonyl (C=O) groups excluding carboxylic acids is 1. The molecule has 2 aromatic heterocycles. The molecule has 0 spiro atoms. The number of nitro groups is 1. The average Bonchev–Trinajstić information content (AvgIpc) is 2.49. The van der Waals surface area contributed by atoms with Crippen molar-refractivity contribution in [2.45, 2.75) is 33.3 Å². The van der Waals surface area contributed by atoms with Crippen molar-refractivity contribution in [3.8, 4) is 11.8 Å². The van der Waals surface area contributed by atoms with Crippen LogP contribution in [0.25, 0.3) is 0 Å². The highest BCUT2D eigenvalue weighted by atomic mass is 16.6. The fraction of sp³-hybridized carbons (Fsp3) is 0.333. The molecule has 10 nitrogen and oxygen atoms in total. The Hall–Kier alpha value is -3.30. The highest BCUT2D eigenvalue weighted by molar-refractivity contribution is 5.83. The van der Waals surface area contributed by atoms with Crippen LogP contribution in [0.4, 0.5) is 16.3 Å². The minimum absolute atomic E-state index is 0.00538. The van der Waals surface area contributed by atoms with E-state index in [2.05, 4.69) is 20.3 Å². The number of hydrogen-bond acceptors (Lipinski definition) is 8. The number of aryl methyl sites for hydroxylation is 1. The zero-order chi connectivity index (χ0) is 18.6. The molecule has 0 saturated heterocycles. The molecule has 25 heavy (non-hydrogen) atoms. The van der Waals surface area contributed by atoms with Crippen molar-refractivity contribution in [1.82, 2.24) is 15.0 Å². The van der Waals surface area contributed by atoms with Gasteiger partial charge in [0.25, 0.3) is 0 Å². The van der Waals surface area contributed by atoms with E-state index < -0.39 is 16.6 Å². The molecule has 0 atom stereocenters. The lowest BCUT2D eigenvalue weighted by Gasteiger charge is -2.19. The van der Waals surface area contributed by atoms with Crippen molar-refractivity contribution in [1.29, 1.82) is 0 Å². The molecule has 2 heterocycles. The third-order valence-corrected chi connectivity index (χ3v) is 2.62. The van der Waals surface area contributed by atoms with E-state index in [-0.39, 0.29) is 23.3 Å². The second-order valence-corrected chi connectivity index (χ2v) is 6.06. The molecule has 0 fully saturated rings. The second-order valence-electron chi connectivity index (χ2n) is 6.06. The Morgan fingerprint density at radius 2 is 1.92 bits per heavy atom. The van der Waals surface area contributed by atoms with Crippen LogP contribution in [0.1, 0.15) is 26.3 Å². The molecule has 1 amide bonds. The lowest BCUT2D eigenvalue weighted by molar-refractivity contribution is -0.386. The summed E-state index contributed by atoms with van der Waals surface area (Å²) in [5.41, 5.74) is -0.295. The number of pyridine rings is 1. The lowest BCUT2D eigenvalue weighted by atomic mass is 10.2. The van der Waals surface area contributed by atoms with E-state index in [1.807, 2.05) is 0 Å². The number of carbonyl (C=O) groups is 1. The molecule has 0 bridgehead atoms. The fourth-order valence-corrected chi connectivity index (χ4v) is 1.69. The molecule has 0 aliphatic rings. The summed E-state index contributed by atoms with van der Waals surface area (Å²) in [5.74, 6) is -0.0556. The molecule has 0 aliphatic heterocycles. The summed E-state index contributed by atoms with van der Waals surface area (Å²) in [6.45, 7) is 6.88. The van der Waals surface area contributed by atoms with Gasteiger partial charge in [-0.15, -0.1) is 0 Å². The van der Waals surface area contributed by atoms with E-state index in [1.165, 1.54) is 24.7 Å². The number of ether oxygens (including phenoxy) is 2. The van der Waals surface area contributed by atoms with E-state index in [4.69, 9.17) is 9.47 Å². The van der Waals surface area contributed by atoms with Crippen LogP contribution in [0.5, 0.6) is 11.8 Å². The summed E-state index contributed by atoms with van der Waals surface area (Å²) in [5, 5.41) is 13.5. The minimum Gasteiger partial charge on any atom is -0.444 e. The first kappa shape index (κ1) is 18.0. The Morgan fingerprint density at radius 1 is 1.20 bits per heavy atom. The molecule has 10 heteroatoms. The maximum atomic E-state index is 11.6.